The molecule has 1 aromatic rings. The largest absolute Gasteiger partial charge is 0.325 e. The van der Waals surface area contributed by atoms with Crippen LogP contribution in [0.5, 0.6) is 0 Å². The van der Waals surface area contributed by atoms with E-state index in [1.54, 1.807) is 0 Å². The molecule has 6 heteroatoms. The molecular weight excluding hydrogens is 205 g/mol. The zero-order chi connectivity index (χ0) is 10.0. The topological polar surface area (TPSA) is 38.9 Å². The van der Waals surface area contributed by atoms with Gasteiger partial charge in [-0.15, -0.1) is 0 Å². The summed E-state index contributed by atoms with van der Waals surface area (Å²) in [7, 11) is 0. The average molecular weight is 211 g/mol. The molecule has 0 amide bonds. The normalized spacial score (nSPS) is 10.9. The predicted molar refractivity (Wildman–Crippen MR) is 42.1 cm³/mol. The minimum absolute atomic E-state index is 0.0558. The molecule has 1 heterocycles. The Morgan fingerprint density at radius 1 is 1.54 bits per heavy atom. The number of aromatic nitrogens is 1. The van der Waals surface area contributed by atoms with E-state index in [4.69, 9.17) is 17.3 Å². The average Bonchev–Trinajstić information content (AvgIpc) is 2.09. The molecule has 0 saturated carbocycles. The first-order valence-electron chi connectivity index (χ1n) is 3.39. The molecule has 0 fully saturated rings. The van der Waals surface area contributed by atoms with Crippen LogP contribution in [0, 0.1) is 5.82 Å². The van der Waals surface area contributed by atoms with Crippen LogP contribution in [0.15, 0.2) is 6.07 Å². The molecule has 0 radical (unpaired) electrons. The summed E-state index contributed by atoms with van der Waals surface area (Å²) in [6, 6.07) is 0.909. The number of halogens is 4. The van der Waals surface area contributed by atoms with Gasteiger partial charge in [0.2, 0.25) is 0 Å². The molecule has 0 saturated heterocycles. The van der Waals surface area contributed by atoms with Gasteiger partial charge in [0.05, 0.1) is 11.3 Å². The lowest BCUT2D eigenvalue weighted by molar-refractivity contribution is 0.146. The third-order valence-corrected chi connectivity index (χ3v) is 1.69. The summed E-state index contributed by atoms with van der Waals surface area (Å²) in [6.07, 6.45) is -2.91. The van der Waals surface area contributed by atoms with Crippen molar-refractivity contribution < 1.29 is 13.2 Å². The number of hydrogen-bond acceptors (Lipinski definition) is 2. The van der Waals surface area contributed by atoms with E-state index in [0.29, 0.717) is 0 Å². The Kier molecular flexibility index (Phi) is 3.11. The highest BCUT2D eigenvalue weighted by molar-refractivity contribution is 6.29. The van der Waals surface area contributed by atoms with Gasteiger partial charge in [-0.1, -0.05) is 11.6 Å². The van der Waals surface area contributed by atoms with E-state index >= 15 is 0 Å². The van der Waals surface area contributed by atoms with Crippen molar-refractivity contribution in [3.8, 4) is 0 Å². The van der Waals surface area contributed by atoms with E-state index in [1.807, 2.05) is 0 Å². The molecule has 2 N–H and O–H groups in total. The molecule has 0 aliphatic heterocycles. The maximum Gasteiger partial charge on any atom is 0.266 e. The maximum absolute atomic E-state index is 12.9. The quantitative estimate of drug-likeness (QED) is 0.761. The molecule has 2 nitrogen and oxygen atoms in total. The zero-order valence-corrected chi connectivity index (χ0v) is 7.15. The fourth-order valence-corrected chi connectivity index (χ4v) is 1.05. The summed E-state index contributed by atoms with van der Waals surface area (Å²) in [5, 5.41) is -0.571. The van der Waals surface area contributed by atoms with Crippen LogP contribution in [-0.4, -0.2) is 4.98 Å². The molecular formula is C7H6ClF3N2. The van der Waals surface area contributed by atoms with Crippen molar-refractivity contribution >= 4 is 11.6 Å². The van der Waals surface area contributed by atoms with Crippen molar-refractivity contribution in [3.05, 3.63) is 28.3 Å². The number of pyridine rings is 1. The molecule has 1 aromatic heterocycles. The summed E-state index contributed by atoms with van der Waals surface area (Å²) in [5.41, 5.74) is 4.53. The van der Waals surface area contributed by atoms with Gasteiger partial charge in [-0.3, -0.25) is 0 Å². The SMILES string of the molecule is NCc1cc(C(F)F)c(F)c(Cl)n1. The third-order valence-electron chi connectivity index (χ3n) is 1.44. The Morgan fingerprint density at radius 2 is 2.15 bits per heavy atom. The van der Waals surface area contributed by atoms with Crippen molar-refractivity contribution in [2.45, 2.75) is 13.0 Å². The van der Waals surface area contributed by atoms with Crippen LogP contribution in [0.4, 0.5) is 13.2 Å². The second-order valence-electron chi connectivity index (χ2n) is 2.31. The van der Waals surface area contributed by atoms with Gasteiger partial charge in [0.25, 0.3) is 6.43 Å². The van der Waals surface area contributed by atoms with Crippen molar-refractivity contribution in [2.75, 3.05) is 0 Å². The van der Waals surface area contributed by atoms with Gasteiger partial charge >= 0.3 is 0 Å². The summed E-state index contributed by atoms with van der Waals surface area (Å²) < 4.78 is 37.2. The van der Waals surface area contributed by atoms with Gasteiger partial charge in [-0.25, -0.2) is 18.2 Å². The highest BCUT2D eigenvalue weighted by Crippen LogP contribution is 2.26. The molecule has 0 aromatic carbocycles. The monoisotopic (exact) mass is 210 g/mol. The van der Waals surface area contributed by atoms with Crippen LogP contribution in [0.25, 0.3) is 0 Å². The standard InChI is InChI=1S/C7H6ClF3N2/c8-6-5(9)4(7(10)11)1-3(2-12)13-6/h1,7H,2,12H2. The molecule has 0 aliphatic carbocycles. The Morgan fingerprint density at radius 3 is 2.62 bits per heavy atom. The molecule has 1 rings (SSSR count). The minimum atomic E-state index is -2.91. The van der Waals surface area contributed by atoms with E-state index in [-0.39, 0.29) is 12.2 Å². The van der Waals surface area contributed by atoms with E-state index in [1.165, 1.54) is 0 Å². The highest BCUT2D eigenvalue weighted by atomic mass is 35.5. The molecule has 0 aliphatic rings. The first-order valence-corrected chi connectivity index (χ1v) is 3.77. The number of nitrogens with zero attached hydrogens (tertiary/aromatic N) is 1. The molecule has 0 unspecified atom stereocenters. The fourth-order valence-electron chi connectivity index (χ4n) is 0.833. The van der Waals surface area contributed by atoms with Crippen LogP contribution in [0.3, 0.4) is 0 Å². The number of nitrogens with two attached hydrogens (primary N) is 1. The second kappa shape index (κ2) is 3.93. The van der Waals surface area contributed by atoms with E-state index in [0.717, 1.165) is 6.07 Å². The summed E-state index contributed by atoms with van der Waals surface area (Å²) >= 11 is 5.27. The van der Waals surface area contributed by atoms with Gasteiger partial charge in [0.1, 0.15) is 0 Å². The smallest absolute Gasteiger partial charge is 0.266 e. The predicted octanol–water partition coefficient (Wildman–Crippen LogP) is 2.27. The van der Waals surface area contributed by atoms with Gasteiger partial charge < -0.3 is 5.73 Å². The van der Waals surface area contributed by atoms with Crippen LogP contribution in [-0.2, 0) is 6.54 Å². The van der Waals surface area contributed by atoms with Crippen molar-refractivity contribution in [2.24, 2.45) is 5.73 Å². The van der Waals surface area contributed by atoms with Crippen molar-refractivity contribution in [1.82, 2.24) is 4.98 Å². The van der Waals surface area contributed by atoms with Crippen LogP contribution >= 0.6 is 11.6 Å². The Balaban J connectivity index is 3.25. The second-order valence-corrected chi connectivity index (χ2v) is 2.67. The number of rotatable bonds is 2. The summed E-state index contributed by atoms with van der Waals surface area (Å²) in [5.74, 6) is -1.19. The molecule has 72 valence electrons. The lowest BCUT2D eigenvalue weighted by Crippen LogP contribution is -2.04. The Hall–Kier alpha value is -0.810. The first-order chi connectivity index (χ1) is 6.06. The zero-order valence-electron chi connectivity index (χ0n) is 6.40. The third kappa shape index (κ3) is 2.10. The van der Waals surface area contributed by atoms with Crippen LogP contribution in [0.2, 0.25) is 5.15 Å². The van der Waals surface area contributed by atoms with Gasteiger partial charge in [0.15, 0.2) is 11.0 Å². The first kappa shape index (κ1) is 10.3. The van der Waals surface area contributed by atoms with Gasteiger partial charge in [0, 0.05) is 6.54 Å². The minimum Gasteiger partial charge on any atom is -0.325 e. The Bertz CT molecular complexity index is 317. The molecule has 0 spiro atoms. The van der Waals surface area contributed by atoms with E-state index in [2.05, 4.69) is 4.98 Å². The van der Waals surface area contributed by atoms with Crippen LogP contribution < -0.4 is 5.73 Å². The number of alkyl halides is 2. The lowest BCUT2D eigenvalue weighted by atomic mass is 10.2. The highest BCUT2D eigenvalue weighted by Gasteiger charge is 2.17. The van der Waals surface area contributed by atoms with Crippen LogP contribution in [0.1, 0.15) is 17.7 Å². The van der Waals surface area contributed by atoms with Gasteiger partial charge in [-0.2, -0.15) is 0 Å². The van der Waals surface area contributed by atoms with E-state index < -0.39 is 23.0 Å². The number of hydrogen-bond donors (Lipinski definition) is 1. The summed E-state index contributed by atoms with van der Waals surface area (Å²) in [4.78, 5) is 3.47. The van der Waals surface area contributed by atoms with E-state index in [9.17, 15) is 13.2 Å². The molecule has 0 bridgehead atoms. The maximum atomic E-state index is 12.9. The fraction of sp³-hybridized carbons (Fsp3) is 0.286. The van der Waals surface area contributed by atoms with Crippen molar-refractivity contribution in [3.63, 3.8) is 0 Å². The lowest BCUT2D eigenvalue weighted by Gasteiger charge is -2.05. The van der Waals surface area contributed by atoms with Gasteiger partial charge in [-0.05, 0) is 6.07 Å². The molecule has 0 atom stereocenters. The van der Waals surface area contributed by atoms with Crippen molar-refractivity contribution in [1.29, 1.82) is 0 Å². The Labute approximate surface area is 77.5 Å². The molecule has 13 heavy (non-hydrogen) atoms. The summed E-state index contributed by atoms with van der Waals surface area (Å²) in [6.45, 7) is -0.0558.